The Bertz CT molecular complexity index is 712. The molecular weight excluding hydrogens is 340 g/mol. The Labute approximate surface area is 162 Å². The van der Waals surface area contributed by atoms with Crippen molar-refractivity contribution in [3.63, 3.8) is 0 Å². The lowest BCUT2D eigenvalue weighted by molar-refractivity contribution is -0.114. The molecule has 0 atom stereocenters. The molecule has 0 saturated carbocycles. The summed E-state index contributed by atoms with van der Waals surface area (Å²) in [5, 5.41) is 5.98. The molecule has 0 fully saturated rings. The van der Waals surface area contributed by atoms with Crippen molar-refractivity contribution < 1.29 is 14.3 Å². The molecule has 1 amide bonds. The molecule has 0 aliphatic carbocycles. The van der Waals surface area contributed by atoms with Crippen LogP contribution in [0.1, 0.15) is 34.1 Å². The summed E-state index contributed by atoms with van der Waals surface area (Å²) < 4.78 is 11.3. The molecule has 5 heteroatoms. The summed E-state index contributed by atoms with van der Waals surface area (Å²) in [4.78, 5) is 12.1. The van der Waals surface area contributed by atoms with Crippen LogP contribution in [0.2, 0.25) is 0 Å². The van der Waals surface area contributed by atoms with Crippen molar-refractivity contribution in [2.45, 2.75) is 40.2 Å². The van der Waals surface area contributed by atoms with Crippen LogP contribution < -0.4 is 20.1 Å². The number of hydrogen-bond acceptors (Lipinski definition) is 4. The molecule has 0 radical (unpaired) electrons. The van der Waals surface area contributed by atoms with E-state index in [-0.39, 0.29) is 18.6 Å². The van der Waals surface area contributed by atoms with Crippen molar-refractivity contribution in [1.82, 2.24) is 0 Å². The standard InChI is InChI=1S/C22H30N2O3/c1-16(2)12-13-26-20-10-8-18(9-11-20)24-22(25)15-23-19-6-5-7-21(14-19)27-17(3)4/h5-11,14,16-17,23H,12-13,15H2,1-4H3,(H,24,25). The Kier molecular flexibility index (Phi) is 7.99. The van der Waals surface area contributed by atoms with Crippen molar-refractivity contribution in [2.75, 3.05) is 23.8 Å². The number of ether oxygens (including phenoxy) is 2. The maximum absolute atomic E-state index is 12.1. The summed E-state index contributed by atoms with van der Waals surface area (Å²) in [6.07, 6.45) is 1.13. The van der Waals surface area contributed by atoms with Gasteiger partial charge >= 0.3 is 0 Å². The van der Waals surface area contributed by atoms with Crippen LogP contribution in [0.4, 0.5) is 11.4 Å². The Morgan fingerprint density at radius 3 is 2.37 bits per heavy atom. The predicted molar refractivity (Wildman–Crippen MR) is 111 cm³/mol. The molecule has 0 spiro atoms. The highest BCUT2D eigenvalue weighted by Gasteiger charge is 2.05. The van der Waals surface area contributed by atoms with Crippen molar-refractivity contribution in [3.8, 4) is 11.5 Å². The minimum Gasteiger partial charge on any atom is -0.494 e. The van der Waals surface area contributed by atoms with E-state index in [1.807, 2.05) is 62.4 Å². The quantitative estimate of drug-likeness (QED) is 0.621. The van der Waals surface area contributed by atoms with Gasteiger partial charge in [0.25, 0.3) is 0 Å². The lowest BCUT2D eigenvalue weighted by atomic mass is 10.1. The van der Waals surface area contributed by atoms with Crippen LogP contribution in [-0.4, -0.2) is 25.2 Å². The molecule has 2 rings (SSSR count). The molecule has 146 valence electrons. The second-order valence-electron chi connectivity index (χ2n) is 7.15. The zero-order chi connectivity index (χ0) is 19.6. The lowest BCUT2D eigenvalue weighted by Gasteiger charge is -2.12. The first kappa shape index (κ1) is 20.6. The third kappa shape index (κ3) is 8.03. The maximum Gasteiger partial charge on any atom is 0.243 e. The molecule has 0 heterocycles. The Balaban J connectivity index is 1.78. The average Bonchev–Trinajstić information content (AvgIpc) is 2.61. The number of hydrogen-bond donors (Lipinski definition) is 2. The second-order valence-corrected chi connectivity index (χ2v) is 7.15. The first-order valence-electron chi connectivity index (χ1n) is 9.45. The fraction of sp³-hybridized carbons (Fsp3) is 0.409. The Morgan fingerprint density at radius 2 is 1.70 bits per heavy atom. The number of amides is 1. The molecule has 2 N–H and O–H groups in total. The second kappa shape index (κ2) is 10.5. The van der Waals surface area contributed by atoms with Crippen LogP contribution in [0, 0.1) is 5.92 Å². The van der Waals surface area contributed by atoms with Crippen LogP contribution in [0.5, 0.6) is 11.5 Å². The summed E-state index contributed by atoms with van der Waals surface area (Å²) in [6.45, 7) is 9.18. The van der Waals surface area contributed by atoms with Gasteiger partial charge < -0.3 is 20.1 Å². The van der Waals surface area contributed by atoms with Gasteiger partial charge in [-0.1, -0.05) is 19.9 Å². The van der Waals surface area contributed by atoms with Gasteiger partial charge in [-0.3, -0.25) is 4.79 Å². The number of anilines is 2. The van der Waals surface area contributed by atoms with E-state index in [4.69, 9.17) is 9.47 Å². The molecule has 5 nitrogen and oxygen atoms in total. The summed E-state index contributed by atoms with van der Waals surface area (Å²) in [5.74, 6) is 2.10. The van der Waals surface area contributed by atoms with E-state index in [1.54, 1.807) is 0 Å². The minimum absolute atomic E-state index is 0.112. The van der Waals surface area contributed by atoms with Crippen molar-refractivity contribution >= 4 is 17.3 Å². The van der Waals surface area contributed by atoms with E-state index in [9.17, 15) is 4.79 Å². The smallest absolute Gasteiger partial charge is 0.243 e. The third-order valence-corrected chi connectivity index (χ3v) is 3.76. The van der Waals surface area contributed by atoms with Crippen LogP contribution in [0.3, 0.4) is 0 Å². The zero-order valence-electron chi connectivity index (χ0n) is 16.6. The van der Waals surface area contributed by atoms with Crippen LogP contribution in [0.25, 0.3) is 0 Å². The van der Waals surface area contributed by atoms with Gasteiger partial charge in [0.05, 0.1) is 19.3 Å². The number of nitrogens with one attached hydrogen (secondary N) is 2. The fourth-order valence-corrected chi connectivity index (χ4v) is 2.39. The summed E-state index contributed by atoms with van der Waals surface area (Å²) in [7, 11) is 0. The molecule has 0 aliphatic heterocycles. The third-order valence-electron chi connectivity index (χ3n) is 3.76. The van der Waals surface area contributed by atoms with Gasteiger partial charge in [0, 0.05) is 17.4 Å². The van der Waals surface area contributed by atoms with E-state index in [0.29, 0.717) is 12.5 Å². The van der Waals surface area contributed by atoms with E-state index < -0.39 is 0 Å². The van der Waals surface area contributed by atoms with Gasteiger partial charge in [-0.2, -0.15) is 0 Å². The average molecular weight is 370 g/mol. The van der Waals surface area contributed by atoms with Crippen molar-refractivity contribution in [1.29, 1.82) is 0 Å². The molecule has 0 unspecified atom stereocenters. The van der Waals surface area contributed by atoms with Gasteiger partial charge in [0.1, 0.15) is 11.5 Å². The summed E-state index contributed by atoms with van der Waals surface area (Å²) >= 11 is 0. The van der Waals surface area contributed by atoms with E-state index in [2.05, 4.69) is 24.5 Å². The predicted octanol–water partition coefficient (Wildman–Crippen LogP) is 4.95. The van der Waals surface area contributed by atoms with Crippen molar-refractivity contribution in [2.24, 2.45) is 5.92 Å². The number of carbonyl (C=O) groups is 1. The van der Waals surface area contributed by atoms with Gasteiger partial charge in [-0.25, -0.2) is 0 Å². The molecule has 0 aromatic heterocycles. The Morgan fingerprint density at radius 1 is 0.963 bits per heavy atom. The van der Waals surface area contributed by atoms with E-state index in [0.717, 1.165) is 29.3 Å². The van der Waals surface area contributed by atoms with Gasteiger partial charge in [0.15, 0.2) is 0 Å². The zero-order valence-corrected chi connectivity index (χ0v) is 16.6. The highest BCUT2D eigenvalue weighted by molar-refractivity contribution is 5.93. The molecule has 2 aromatic rings. The number of benzene rings is 2. The largest absolute Gasteiger partial charge is 0.494 e. The molecule has 27 heavy (non-hydrogen) atoms. The molecule has 0 aliphatic rings. The normalized spacial score (nSPS) is 10.7. The van der Waals surface area contributed by atoms with Crippen LogP contribution >= 0.6 is 0 Å². The van der Waals surface area contributed by atoms with E-state index >= 15 is 0 Å². The number of carbonyl (C=O) groups excluding carboxylic acids is 1. The Hall–Kier alpha value is -2.69. The molecule has 0 saturated heterocycles. The highest BCUT2D eigenvalue weighted by atomic mass is 16.5. The molecule has 2 aromatic carbocycles. The lowest BCUT2D eigenvalue weighted by Crippen LogP contribution is -2.21. The molecule has 0 bridgehead atoms. The van der Waals surface area contributed by atoms with Crippen LogP contribution in [0.15, 0.2) is 48.5 Å². The first-order chi connectivity index (χ1) is 12.9. The minimum atomic E-state index is -0.112. The topological polar surface area (TPSA) is 59.6 Å². The van der Waals surface area contributed by atoms with Crippen LogP contribution in [-0.2, 0) is 4.79 Å². The summed E-state index contributed by atoms with van der Waals surface area (Å²) in [5.41, 5.74) is 1.59. The van der Waals surface area contributed by atoms with Gasteiger partial charge in [-0.15, -0.1) is 0 Å². The SMILES string of the molecule is CC(C)CCOc1ccc(NC(=O)CNc2cccc(OC(C)C)c2)cc1. The highest BCUT2D eigenvalue weighted by Crippen LogP contribution is 2.19. The monoisotopic (exact) mass is 370 g/mol. The fourth-order valence-electron chi connectivity index (χ4n) is 2.39. The molecular formula is C22H30N2O3. The van der Waals surface area contributed by atoms with E-state index in [1.165, 1.54) is 0 Å². The van der Waals surface area contributed by atoms with Gasteiger partial charge in [-0.05, 0) is 62.6 Å². The number of rotatable bonds is 10. The summed E-state index contributed by atoms with van der Waals surface area (Å²) in [6, 6.07) is 15.0. The van der Waals surface area contributed by atoms with Gasteiger partial charge in [0.2, 0.25) is 5.91 Å². The first-order valence-corrected chi connectivity index (χ1v) is 9.45. The van der Waals surface area contributed by atoms with Crippen molar-refractivity contribution in [3.05, 3.63) is 48.5 Å². The maximum atomic E-state index is 12.1.